The number of sulfonamides is 1. The average molecular weight is 254 g/mol. The van der Waals surface area contributed by atoms with E-state index >= 15 is 0 Å². The lowest BCUT2D eigenvalue weighted by Crippen LogP contribution is -2.45. The molecule has 0 saturated carbocycles. The summed E-state index contributed by atoms with van der Waals surface area (Å²) in [6.07, 6.45) is 1.92. The summed E-state index contributed by atoms with van der Waals surface area (Å²) in [5, 5.41) is 3.19. The smallest absolute Gasteiger partial charge is 0.240 e. The Morgan fingerprint density at radius 2 is 2.00 bits per heavy atom. The molecular weight excluding hydrogens is 236 g/mol. The first-order valence-corrected chi connectivity index (χ1v) is 7.36. The lowest BCUT2D eigenvalue weighted by molar-refractivity contribution is 0.428. The fourth-order valence-corrected chi connectivity index (χ4v) is 3.23. The topological polar surface area (TPSA) is 58.2 Å². The summed E-state index contributed by atoms with van der Waals surface area (Å²) < 4.78 is 26.9. The highest BCUT2D eigenvalue weighted by molar-refractivity contribution is 7.89. The average Bonchev–Trinajstić information content (AvgIpc) is 2.30. The number of piperidine rings is 1. The zero-order chi connectivity index (χ0) is 12.3. The van der Waals surface area contributed by atoms with E-state index in [1.54, 1.807) is 12.1 Å². The second-order valence-electron chi connectivity index (χ2n) is 4.48. The van der Waals surface area contributed by atoms with Gasteiger partial charge in [-0.05, 0) is 38.4 Å². The maximum absolute atomic E-state index is 12.1. The second-order valence-corrected chi connectivity index (χ2v) is 6.19. The highest BCUT2D eigenvalue weighted by atomic mass is 32.2. The van der Waals surface area contributed by atoms with E-state index in [0.717, 1.165) is 24.9 Å². The van der Waals surface area contributed by atoms with E-state index < -0.39 is 10.0 Å². The van der Waals surface area contributed by atoms with Crippen molar-refractivity contribution < 1.29 is 8.42 Å². The molecule has 2 N–H and O–H groups in total. The van der Waals surface area contributed by atoms with Crippen molar-refractivity contribution in [2.45, 2.75) is 30.7 Å². The van der Waals surface area contributed by atoms with Crippen molar-refractivity contribution in [3.8, 4) is 0 Å². The molecule has 0 unspecified atom stereocenters. The molecule has 0 radical (unpaired) electrons. The fourth-order valence-electron chi connectivity index (χ4n) is 1.96. The first-order chi connectivity index (χ1) is 8.08. The summed E-state index contributed by atoms with van der Waals surface area (Å²) in [4.78, 5) is 0.341. The summed E-state index contributed by atoms with van der Waals surface area (Å²) in [5.74, 6) is 0. The lowest BCUT2D eigenvalue weighted by Gasteiger charge is -2.23. The minimum atomic E-state index is -3.37. The molecule has 1 aromatic carbocycles. The van der Waals surface area contributed by atoms with Gasteiger partial charge >= 0.3 is 0 Å². The van der Waals surface area contributed by atoms with E-state index in [2.05, 4.69) is 10.0 Å². The third kappa shape index (κ3) is 3.28. The summed E-state index contributed by atoms with van der Waals surface area (Å²) in [6.45, 7) is 3.63. The maximum atomic E-state index is 12.1. The molecule has 1 atom stereocenters. The highest BCUT2D eigenvalue weighted by Crippen LogP contribution is 2.12. The molecule has 1 aliphatic heterocycles. The molecule has 1 heterocycles. The van der Waals surface area contributed by atoms with Crippen LogP contribution in [0.4, 0.5) is 0 Å². The summed E-state index contributed by atoms with van der Waals surface area (Å²) in [5.41, 5.74) is 1.06. The molecular formula is C12H18N2O2S. The number of nitrogens with one attached hydrogen (secondary N) is 2. The van der Waals surface area contributed by atoms with Crippen LogP contribution >= 0.6 is 0 Å². The normalized spacial score (nSPS) is 21.4. The SMILES string of the molecule is Cc1ccc(S(=O)(=O)N[C@H]2CCCNC2)cc1. The summed E-state index contributed by atoms with van der Waals surface area (Å²) in [6, 6.07) is 6.93. The molecule has 4 nitrogen and oxygen atoms in total. The Kier molecular flexibility index (Phi) is 3.81. The van der Waals surface area contributed by atoms with Crippen LogP contribution in [-0.4, -0.2) is 27.5 Å². The molecule has 5 heteroatoms. The molecule has 0 bridgehead atoms. The number of aryl methyl sites for hydroxylation is 1. The molecule has 1 fully saturated rings. The van der Waals surface area contributed by atoms with Gasteiger partial charge < -0.3 is 5.32 Å². The zero-order valence-corrected chi connectivity index (χ0v) is 10.8. The van der Waals surface area contributed by atoms with Gasteiger partial charge in [-0.2, -0.15) is 0 Å². The van der Waals surface area contributed by atoms with Crippen molar-refractivity contribution in [1.82, 2.24) is 10.0 Å². The molecule has 0 spiro atoms. The predicted molar refractivity (Wildman–Crippen MR) is 67.4 cm³/mol. The van der Waals surface area contributed by atoms with Gasteiger partial charge in [0.15, 0.2) is 0 Å². The zero-order valence-electron chi connectivity index (χ0n) is 9.94. The van der Waals surface area contributed by atoms with Gasteiger partial charge in [0.05, 0.1) is 4.90 Å². The van der Waals surface area contributed by atoms with E-state index in [9.17, 15) is 8.42 Å². The number of benzene rings is 1. The Labute approximate surface area is 102 Å². The molecule has 0 aromatic heterocycles. The summed E-state index contributed by atoms with van der Waals surface area (Å²) in [7, 11) is -3.37. The van der Waals surface area contributed by atoms with Crippen LogP contribution in [0.25, 0.3) is 0 Å². The Morgan fingerprint density at radius 1 is 1.29 bits per heavy atom. The highest BCUT2D eigenvalue weighted by Gasteiger charge is 2.21. The van der Waals surface area contributed by atoms with Gasteiger partial charge in [0.25, 0.3) is 0 Å². The first kappa shape index (κ1) is 12.5. The lowest BCUT2D eigenvalue weighted by atomic mass is 10.1. The molecule has 1 aliphatic rings. The van der Waals surface area contributed by atoms with Crippen LogP contribution in [0.1, 0.15) is 18.4 Å². The molecule has 1 aromatic rings. The van der Waals surface area contributed by atoms with Crippen LogP contribution in [0.3, 0.4) is 0 Å². The Bertz CT molecular complexity index is 462. The molecule has 17 heavy (non-hydrogen) atoms. The third-order valence-electron chi connectivity index (χ3n) is 2.95. The third-order valence-corrected chi connectivity index (χ3v) is 4.49. The van der Waals surface area contributed by atoms with Gasteiger partial charge in [0, 0.05) is 12.6 Å². The van der Waals surface area contributed by atoms with Crippen molar-refractivity contribution in [2.24, 2.45) is 0 Å². The van der Waals surface area contributed by atoms with Crippen LogP contribution in [-0.2, 0) is 10.0 Å². The van der Waals surface area contributed by atoms with E-state index in [0.29, 0.717) is 11.4 Å². The van der Waals surface area contributed by atoms with Crippen molar-refractivity contribution in [1.29, 1.82) is 0 Å². The van der Waals surface area contributed by atoms with Gasteiger partial charge in [0.1, 0.15) is 0 Å². The first-order valence-electron chi connectivity index (χ1n) is 5.88. The summed E-state index contributed by atoms with van der Waals surface area (Å²) >= 11 is 0. The largest absolute Gasteiger partial charge is 0.315 e. The monoisotopic (exact) mass is 254 g/mol. The number of hydrogen-bond acceptors (Lipinski definition) is 3. The quantitative estimate of drug-likeness (QED) is 0.847. The van der Waals surface area contributed by atoms with E-state index in [-0.39, 0.29) is 6.04 Å². The van der Waals surface area contributed by atoms with Gasteiger partial charge in [-0.1, -0.05) is 17.7 Å². The van der Waals surface area contributed by atoms with Crippen molar-refractivity contribution in [3.63, 3.8) is 0 Å². The molecule has 2 rings (SSSR count). The number of rotatable bonds is 3. The minimum Gasteiger partial charge on any atom is -0.315 e. The van der Waals surface area contributed by atoms with Crippen molar-refractivity contribution >= 4 is 10.0 Å². The Hall–Kier alpha value is -0.910. The predicted octanol–water partition coefficient (Wildman–Crippen LogP) is 1.03. The fraction of sp³-hybridized carbons (Fsp3) is 0.500. The van der Waals surface area contributed by atoms with E-state index in [4.69, 9.17) is 0 Å². The van der Waals surface area contributed by atoms with E-state index in [1.807, 2.05) is 19.1 Å². The van der Waals surface area contributed by atoms with Crippen LogP contribution in [0.5, 0.6) is 0 Å². The molecule has 94 valence electrons. The molecule has 0 aliphatic carbocycles. The van der Waals surface area contributed by atoms with Crippen LogP contribution < -0.4 is 10.0 Å². The van der Waals surface area contributed by atoms with Crippen LogP contribution in [0.15, 0.2) is 29.2 Å². The second kappa shape index (κ2) is 5.16. The Morgan fingerprint density at radius 3 is 2.59 bits per heavy atom. The van der Waals surface area contributed by atoms with Crippen molar-refractivity contribution in [2.75, 3.05) is 13.1 Å². The molecule has 0 amide bonds. The minimum absolute atomic E-state index is 0.00931. The van der Waals surface area contributed by atoms with Crippen LogP contribution in [0, 0.1) is 6.92 Å². The van der Waals surface area contributed by atoms with Gasteiger partial charge in [-0.25, -0.2) is 13.1 Å². The molecule has 1 saturated heterocycles. The maximum Gasteiger partial charge on any atom is 0.240 e. The van der Waals surface area contributed by atoms with Gasteiger partial charge in [-0.3, -0.25) is 0 Å². The van der Waals surface area contributed by atoms with E-state index in [1.165, 1.54) is 0 Å². The number of hydrogen-bond donors (Lipinski definition) is 2. The standard InChI is InChI=1S/C12H18N2O2S/c1-10-4-6-12(7-5-10)17(15,16)14-11-3-2-8-13-9-11/h4-7,11,13-14H,2-3,8-9H2,1H3/t11-/m0/s1. The van der Waals surface area contributed by atoms with Crippen molar-refractivity contribution in [3.05, 3.63) is 29.8 Å². The van der Waals surface area contributed by atoms with Gasteiger partial charge in [-0.15, -0.1) is 0 Å². The Balaban J connectivity index is 2.10. The van der Waals surface area contributed by atoms with Crippen LogP contribution in [0.2, 0.25) is 0 Å². The van der Waals surface area contributed by atoms with Gasteiger partial charge in [0.2, 0.25) is 10.0 Å².